The van der Waals surface area contributed by atoms with Crippen LogP contribution in [0.4, 0.5) is 14.5 Å². The number of ether oxygens (including phenoxy) is 1. The van der Waals surface area contributed by atoms with Gasteiger partial charge in [-0.3, -0.25) is 19.5 Å². The molecule has 2 saturated heterocycles. The molecule has 7 nitrogen and oxygen atoms in total. The first-order valence-electron chi connectivity index (χ1n) is 13.0. The van der Waals surface area contributed by atoms with Crippen LogP contribution in [0.15, 0.2) is 60.8 Å². The molecule has 0 saturated carbocycles. The lowest BCUT2D eigenvalue weighted by molar-refractivity contribution is 0.0177. The third kappa shape index (κ3) is 6.65. The number of amides is 1. The predicted molar refractivity (Wildman–Crippen MR) is 141 cm³/mol. The monoisotopic (exact) mass is 530 g/mol. The number of rotatable bonds is 8. The van der Waals surface area contributed by atoms with E-state index in [1.807, 2.05) is 0 Å². The van der Waals surface area contributed by atoms with Crippen LogP contribution in [0.25, 0.3) is 4.85 Å². The zero-order valence-corrected chi connectivity index (χ0v) is 21.4. The number of hydrogen-bond donors (Lipinski definition) is 0. The minimum absolute atomic E-state index is 0.0544. The molecule has 2 fully saturated rings. The van der Waals surface area contributed by atoms with Crippen molar-refractivity contribution in [3.05, 3.63) is 101 Å². The molecule has 0 bridgehead atoms. The second-order valence-corrected chi connectivity index (χ2v) is 10.1. The van der Waals surface area contributed by atoms with Gasteiger partial charge in [-0.2, -0.15) is 0 Å². The first-order chi connectivity index (χ1) is 18.9. The molecule has 39 heavy (non-hydrogen) atoms. The molecule has 9 heteroatoms. The summed E-state index contributed by atoms with van der Waals surface area (Å²) in [6.07, 6.45) is 3.37. The molecule has 5 rings (SSSR count). The summed E-state index contributed by atoms with van der Waals surface area (Å²) in [5, 5.41) is 0. The molecule has 1 aromatic heterocycles. The highest BCUT2D eigenvalue weighted by Crippen LogP contribution is 2.25. The third-order valence-electron chi connectivity index (χ3n) is 7.21. The van der Waals surface area contributed by atoms with Crippen LogP contribution in [0, 0.1) is 24.1 Å². The summed E-state index contributed by atoms with van der Waals surface area (Å²) >= 11 is 0. The number of pyridine rings is 1. The van der Waals surface area contributed by atoms with Crippen molar-refractivity contribution in [1.29, 1.82) is 0 Å². The fourth-order valence-corrected chi connectivity index (χ4v) is 5.01. The van der Waals surface area contributed by atoms with Gasteiger partial charge in [-0.15, -0.1) is 0 Å². The fourth-order valence-electron chi connectivity index (χ4n) is 5.01. The van der Waals surface area contributed by atoms with Crippen LogP contribution in [0.3, 0.4) is 0 Å². The lowest BCUT2D eigenvalue weighted by Crippen LogP contribution is -2.56. The van der Waals surface area contributed by atoms with Crippen LogP contribution in [0.2, 0.25) is 0 Å². The Morgan fingerprint density at radius 3 is 2.31 bits per heavy atom. The number of hydrogen-bond acceptors (Lipinski definition) is 5. The molecule has 2 aromatic carbocycles. The largest absolute Gasteiger partial charge is 0.487 e. The van der Waals surface area contributed by atoms with Gasteiger partial charge in [-0.1, -0.05) is 12.1 Å². The van der Waals surface area contributed by atoms with E-state index in [1.54, 1.807) is 41.3 Å². The number of benzene rings is 2. The number of piperidine rings is 1. The Balaban J connectivity index is 1.05. The molecule has 3 aromatic rings. The standard InChI is InChI=1S/C30H28F2N4O3/c1-33-25-3-5-26(6-4-25)39-27-18-36(19-27)30(38)22-2-7-28(34-16-22)29(37)14-20-8-10-35(11-9-20)17-21-12-23(31)15-24(32)13-21/h2-7,12-13,15-16,20,27H,8-11,14,17-19H2. The van der Waals surface area contributed by atoms with Crippen molar-refractivity contribution in [2.24, 2.45) is 5.92 Å². The summed E-state index contributed by atoms with van der Waals surface area (Å²) < 4.78 is 32.7. The van der Waals surface area contributed by atoms with Crippen LogP contribution in [0.5, 0.6) is 5.75 Å². The van der Waals surface area contributed by atoms with Crippen LogP contribution in [-0.4, -0.2) is 58.8 Å². The number of halogens is 2. The lowest BCUT2D eigenvalue weighted by Gasteiger charge is -2.39. The third-order valence-corrected chi connectivity index (χ3v) is 7.21. The highest BCUT2D eigenvalue weighted by atomic mass is 19.1. The molecule has 2 aliphatic rings. The van der Waals surface area contributed by atoms with Crippen molar-refractivity contribution in [2.75, 3.05) is 26.2 Å². The van der Waals surface area contributed by atoms with Gasteiger partial charge in [0.1, 0.15) is 29.2 Å². The molecule has 0 aliphatic carbocycles. The Kier molecular flexibility index (Phi) is 7.94. The van der Waals surface area contributed by atoms with Crippen molar-refractivity contribution in [1.82, 2.24) is 14.8 Å². The highest BCUT2D eigenvalue weighted by molar-refractivity contribution is 5.97. The average molecular weight is 531 g/mol. The normalized spacial score (nSPS) is 16.4. The predicted octanol–water partition coefficient (Wildman–Crippen LogP) is 5.30. The number of aromatic nitrogens is 1. The summed E-state index contributed by atoms with van der Waals surface area (Å²) in [6.45, 7) is 9.90. The van der Waals surface area contributed by atoms with Crippen molar-refractivity contribution in [2.45, 2.75) is 31.9 Å². The highest BCUT2D eigenvalue weighted by Gasteiger charge is 2.33. The smallest absolute Gasteiger partial charge is 0.255 e. The molecule has 200 valence electrons. The first kappa shape index (κ1) is 26.4. The van der Waals surface area contributed by atoms with Crippen molar-refractivity contribution in [3.63, 3.8) is 0 Å². The summed E-state index contributed by atoms with van der Waals surface area (Å²) in [4.78, 5) is 37.0. The number of carbonyl (C=O) groups is 2. The van der Waals surface area contributed by atoms with E-state index in [4.69, 9.17) is 11.3 Å². The van der Waals surface area contributed by atoms with E-state index in [1.165, 1.54) is 18.3 Å². The van der Waals surface area contributed by atoms with E-state index in [0.717, 1.165) is 32.0 Å². The second-order valence-electron chi connectivity index (χ2n) is 10.1. The molecule has 0 N–H and O–H groups in total. The summed E-state index contributed by atoms with van der Waals surface area (Å²) in [5.74, 6) is -0.478. The van der Waals surface area contributed by atoms with Gasteiger partial charge < -0.3 is 9.64 Å². The van der Waals surface area contributed by atoms with Gasteiger partial charge in [-0.05, 0) is 73.8 Å². The molecule has 3 heterocycles. The zero-order chi connectivity index (χ0) is 27.4. The number of carbonyl (C=O) groups excluding carboxylic acids is 2. The fraction of sp³-hybridized carbons (Fsp3) is 0.333. The minimum atomic E-state index is -0.575. The molecule has 0 atom stereocenters. The second kappa shape index (κ2) is 11.7. The number of ketones is 1. The van der Waals surface area contributed by atoms with E-state index >= 15 is 0 Å². The Morgan fingerprint density at radius 2 is 1.69 bits per heavy atom. The Morgan fingerprint density at radius 1 is 1.00 bits per heavy atom. The lowest BCUT2D eigenvalue weighted by atomic mass is 9.90. The van der Waals surface area contributed by atoms with E-state index in [9.17, 15) is 18.4 Å². The first-order valence-corrected chi connectivity index (χ1v) is 13.0. The average Bonchev–Trinajstić information content (AvgIpc) is 2.91. The minimum Gasteiger partial charge on any atom is -0.487 e. The van der Waals surface area contributed by atoms with Gasteiger partial charge in [0.05, 0.1) is 25.2 Å². The van der Waals surface area contributed by atoms with Gasteiger partial charge in [0, 0.05) is 25.2 Å². The van der Waals surface area contributed by atoms with Gasteiger partial charge in [0.25, 0.3) is 5.91 Å². The summed E-state index contributed by atoms with van der Waals surface area (Å²) in [5.41, 5.74) is 1.92. The summed E-state index contributed by atoms with van der Waals surface area (Å²) in [7, 11) is 0. The van der Waals surface area contributed by atoms with Crippen molar-refractivity contribution < 1.29 is 23.1 Å². The molecule has 0 spiro atoms. The van der Waals surface area contributed by atoms with E-state index in [-0.39, 0.29) is 23.7 Å². The topological polar surface area (TPSA) is 67.1 Å². The number of nitrogens with zero attached hydrogens (tertiary/aromatic N) is 4. The Bertz CT molecular complexity index is 1350. The van der Waals surface area contributed by atoms with Crippen molar-refractivity contribution >= 4 is 17.4 Å². The van der Waals surface area contributed by atoms with Crippen molar-refractivity contribution in [3.8, 4) is 5.75 Å². The van der Waals surface area contributed by atoms with Gasteiger partial charge in [-0.25, -0.2) is 13.6 Å². The molecular weight excluding hydrogens is 502 g/mol. The van der Waals surface area contributed by atoms with Crippen LogP contribution < -0.4 is 4.74 Å². The molecule has 0 unspecified atom stereocenters. The molecule has 2 aliphatic heterocycles. The molecule has 0 radical (unpaired) electrons. The maximum absolute atomic E-state index is 13.5. The van der Waals surface area contributed by atoms with Crippen LogP contribution >= 0.6 is 0 Å². The van der Waals surface area contributed by atoms with Crippen LogP contribution in [0.1, 0.15) is 45.7 Å². The number of likely N-dealkylation sites (tertiary alicyclic amines) is 2. The van der Waals surface area contributed by atoms with Gasteiger partial charge >= 0.3 is 0 Å². The SMILES string of the molecule is [C-]#[N+]c1ccc(OC2CN(C(=O)c3ccc(C(=O)CC4CCN(Cc5cc(F)cc(F)c5)CC4)nc3)C2)cc1. The Labute approximate surface area is 225 Å². The van der Waals surface area contributed by atoms with E-state index in [2.05, 4.69) is 14.7 Å². The molecule has 1 amide bonds. The zero-order valence-electron chi connectivity index (χ0n) is 21.4. The van der Waals surface area contributed by atoms with E-state index < -0.39 is 11.6 Å². The maximum atomic E-state index is 13.5. The van der Waals surface area contributed by atoms with Gasteiger partial charge in [0.15, 0.2) is 11.5 Å². The van der Waals surface area contributed by atoms with Gasteiger partial charge in [0.2, 0.25) is 0 Å². The molecular formula is C30H28F2N4O3. The van der Waals surface area contributed by atoms with Crippen LogP contribution in [-0.2, 0) is 6.54 Å². The maximum Gasteiger partial charge on any atom is 0.255 e. The number of Topliss-reactive ketones (excluding diaryl/α,β-unsaturated/α-hetero) is 1. The van der Waals surface area contributed by atoms with E-state index in [0.29, 0.717) is 54.3 Å². The quantitative estimate of drug-likeness (QED) is 0.292. The Hall–Kier alpha value is -4.16. The summed E-state index contributed by atoms with van der Waals surface area (Å²) in [6, 6.07) is 13.7.